The van der Waals surface area contributed by atoms with Crippen molar-refractivity contribution >= 4 is 11.4 Å². The highest BCUT2D eigenvalue weighted by atomic mass is 19.4. The van der Waals surface area contributed by atoms with Crippen molar-refractivity contribution in [3.05, 3.63) is 54.1 Å². The van der Waals surface area contributed by atoms with Crippen LogP contribution in [0.5, 0.6) is 0 Å². The summed E-state index contributed by atoms with van der Waals surface area (Å²) >= 11 is 0. The van der Waals surface area contributed by atoms with Crippen molar-refractivity contribution in [2.24, 2.45) is 5.92 Å². The van der Waals surface area contributed by atoms with Gasteiger partial charge in [0.2, 0.25) is 0 Å². The highest BCUT2D eigenvalue weighted by Gasteiger charge is 2.34. The summed E-state index contributed by atoms with van der Waals surface area (Å²) in [5.41, 5.74) is 7.47. The van der Waals surface area contributed by atoms with Crippen LogP contribution < -0.4 is 5.73 Å². The zero-order valence-electron chi connectivity index (χ0n) is 20.0. The summed E-state index contributed by atoms with van der Waals surface area (Å²) in [6.07, 6.45) is 1.55. The molecule has 8 heteroatoms. The van der Waals surface area contributed by atoms with E-state index < -0.39 is 17.6 Å². The molecule has 0 amide bonds. The zero-order valence-corrected chi connectivity index (χ0v) is 20.0. The molecule has 5 nitrogen and oxygen atoms in total. The molecule has 0 aromatic carbocycles. The summed E-state index contributed by atoms with van der Waals surface area (Å²) in [4.78, 5) is 8.11. The van der Waals surface area contributed by atoms with Gasteiger partial charge in [-0.2, -0.15) is 13.2 Å². The molecule has 1 aliphatic rings. The normalized spacial score (nSPS) is 15.7. The molecule has 33 heavy (non-hydrogen) atoms. The smallest absolute Gasteiger partial charge is 0.383 e. The van der Waals surface area contributed by atoms with Gasteiger partial charge in [0.15, 0.2) is 0 Å². The summed E-state index contributed by atoms with van der Waals surface area (Å²) in [7, 11) is 0. The number of rotatable bonds is 11. The van der Waals surface area contributed by atoms with Crippen molar-refractivity contribution in [2.45, 2.75) is 52.6 Å². The first-order valence-electron chi connectivity index (χ1n) is 11.5. The van der Waals surface area contributed by atoms with E-state index in [1.807, 2.05) is 18.0 Å². The average Bonchev–Trinajstić information content (AvgIpc) is 2.74. The van der Waals surface area contributed by atoms with E-state index in [0.717, 1.165) is 75.1 Å². The van der Waals surface area contributed by atoms with Gasteiger partial charge in [-0.15, -0.1) is 0 Å². The molecule has 0 aliphatic carbocycles. The van der Waals surface area contributed by atoms with Gasteiger partial charge < -0.3 is 15.4 Å². The van der Waals surface area contributed by atoms with Crippen LogP contribution in [0.4, 0.5) is 19.0 Å². The molecular formula is C25H37F3N4O. The molecule has 184 valence electrons. The molecular weight excluding hydrogens is 429 g/mol. The number of nitrogens with two attached hydrogens (primary N) is 1. The van der Waals surface area contributed by atoms with Crippen molar-refractivity contribution in [1.82, 2.24) is 14.8 Å². The Balaban J connectivity index is 2.36. The van der Waals surface area contributed by atoms with Crippen molar-refractivity contribution < 1.29 is 17.9 Å². The largest absolute Gasteiger partial charge is 0.419 e. The van der Waals surface area contributed by atoms with Crippen LogP contribution >= 0.6 is 0 Å². The molecule has 0 unspecified atom stereocenters. The van der Waals surface area contributed by atoms with Crippen molar-refractivity contribution in [3.63, 3.8) is 0 Å². The number of hydrogen-bond acceptors (Lipinski definition) is 5. The van der Waals surface area contributed by atoms with E-state index in [2.05, 4.69) is 36.9 Å². The number of nitrogen functional groups attached to an aromatic ring is 1. The molecule has 0 spiro atoms. The predicted molar refractivity (Wildman–Crippen MR) is 128 cm³/mol. The molecule has 0 bridgehead atoms. The Morgan fingerprint density at radius 3 is 2.48 bits per heavy atom. The van der Waals surface area contributed by atoms with E-state index in [1.165, 1.54) is 6.20 Å². The predicted octanol–water partition coefficient (Wildman–Crippen LogP) is 5.92. The van der Waals surface area contributed by atoms with Crippen LogP contribution in [0.1, 0.15) is 57.6 Å². The van der Waals surface area contributed by atoms with Crippen molar-refractivity contribution in [3.8, 4) is 0 Å². The fourth-order valence-electron chi connectivity index (χ4n) is 3.79. The Kier molecular flexibility index (Phi) is 9.98. The molecule has 1 fully saturated rings. The standard InChI is InChI=1S/C25H37F3N4O/c1-6-7-21(22-15-23(25(26,27)28)24(29)30-16-22)17-32(20(5)14-18(2)3)19(4)8-9-31-10-12-33-13-11-31/h15-18H,4-14H2,1-3H3,(H2,29,30)/b21-17+. The van der Waals surface area contributed by atoms with Gasteiger partial charge in [0, 0.05) is 49.8 Å². The van der Waals surface area contributed by atoms with Crippen LogP contribution in [0.25, 0.3) is 5.57 Å². The topological polar surface area (TPSA) is 54.6 Å². The number of morpholine rings is 1. The van der Waals surface area contributed by atoms with E-state index in [-0.39, 0.29) is 0 Å². The van der Waals surface area contributed by atoms with Gasteiger partial charge in [-0.25, -0.2) is 4.98 Å². The first-order valence-corrected chi connectivity index (χ1v) is 11.5. The number of hydrogen-bond donors (Lipinski definition) is 1. The number of aromatic nitrogens is 1. The minimum atomic E-state index is -4.56. The van der Waals surface area contributed by atoms with E-state index >= 15 is 0 Å². The summed E-state index contributed by atoms with van der Waals surface area (Å²) in [5, 5.41) is 0. The third-order valence-electron chi connectivity index (χ3n) is 5.54. The maximum absolute atomic E-state index is 13.4. The van der Waals surface area contributed by atoms with Gasteiger partial charge in [0.1, 0.15) is 5.82 Å². The minimum Gasteiger partial charge on any atom is -0.383 e. The third kappa shape index (κ3) is 8.19. The molecule has 1 saturated heterocycles. The van der Waals surface area contributed by atoms with Crippen LogP contribution in [-0.4, -0.2) is 47.6 Å². The molecule has 2 N–H and O–H groups in total. The fraction of sp³-hybridized carbons (Fsp3) is 0.560. The maximum atomic E-state index is 13.4. The summed E-state index contributed by atoms with van der Waals surface area (Å²) in [5.74, 6) is -0.136. The molecule has 0 atom stereocenters. The third-order valence-corrected chi connectivity index (χ3v) is 5.54. The van der Waals surface area contributed by atoms with E-state index in [9.17, 15) is 13.2 Å². The molecule has 1 aromatic rings. The number of alkyl halides is 3. The maximum Gasteiger partial charge on any atom is 0.419 e. The Hall–Kier alpha value is -2.32. The summed E-state index contributed by atoms with van der Waals surface area (Å²) in [6, 6.07) is 1.09. The van der Waals surface area contributed by atoms with E-state index in [4.69, 9.17) is 10.5 Å². The van der Waals surface area contributed by atoms with Crippen LogP contribution in [-0.2, 0) is 10.9 Å². The molecule has 0 radical (unpaired) electrons. The number of pyridine rings is 1. The molecule has 1 aromatic heterocycles. The Morgan fingerprint density at radius 1 is 1.24 bits per heavy atom. The monoisotopic (exact) mass is 466 g/mol. The SMILES string of the molecule is C=C(CCN1CCOCC1)N(/C=C(\CCC)c1cnc(N)c(C(F)(F)F)c1)C(=C)CC(C)C. The number of allylic oxidation sites excluding steroid dienone is 2. The molecule has 0 saturated carbocycles. The number of nitrogens with zero attached hydrogens (tertiary/aromatic N) is 3. The van der Waals surface area contributed by atoms with Crippen molar-refractivity contribution in [2.75, 3.05) is 38.6 Å². The Morgan fingerprint density at radius 2 is 1.91 bits per heavy atom. The second-order valence-electron chi connectivity index (χ2n) is 8.86. The van der Waals surface area contributed by atoms with Crippen LogP contribution in [0.3, 0.4) is 0 Å². The Labute approximate surface area is 195 Å². The number of anilines is 1. The number of halogens is 3. The number of ether oxygens (including phenoxy) is 1. The van der Waals surface area contributed by atoms with Gasteiger partial charge >= 0.3 is 6.18 Å². The zero-order chi connectivity index (χ0) is 24.6. The fourth-order valence-corrected chi connectivity index (χ4v) is 3.79. The lowest BCUT2D eigenvalue weighted by atomic mass is 10.0. The summed E-state index contributed by atoms with van der Waals surface area (Å²) in [6.45, 7) is 18.8. The second-order valence-corrected chi connectivity index (χ2v) is 8.86. The van der Waals surface area contributed by atoms with Gasteiger partial charge in [0.05, 0.1) is 18.8 Å². The lowest BCUT2D eigenvalue weighted by Crippen LogP contribution is -2.37. The lowest BCUT2D eigenvalue weighted by molar-refractivity contribution is -0.137. The quantitative estimate of drug-likeness (QED) is 0.439. The molecule has 2 rings (SSSR count). The summed E-state index contributed by atoms with van der Waals surface area (Å²) < 4.78 is 45.7. The first-order chi connectivity index (χ1) is 15.5. The van der Waals surface area contributed by atoms with E-state index in [0.29, 0.717) is 17.9 Å². The Bertz CT molecular complexity index is 843. The van der Waals surface area contributed by atoms with Crippen molar-refractivity contribution in [1.29, 1.82) is 0 Å². The highest BCUT2D eigenvalue weighted by molar-refractivity contribution is 5.67. The van der Waals surface area contributed by atoms with E-state index in [1.54, 1.807) is 0 Å². The van der Waals surface area contributed by atoms with Gasteiger partial charge in [0.25, 0.3) is 0 Å². The first kappa shape index (κ1) is 26.9. The second kappa shape index (κ2) is 12.2. The molecule has 2 heterocycles. The minimum absolute atomic E-state index is 0.380. The molecule has 1 aliphatic heterocycles. The van der Waals surface area contributed by atoms with Gasteiger partial charge in [-0.05, 0) is 36.0 Å². The lowest BCUT2D eigenvalue weighted by Gasteiger charge is -2.31. The highest BCUT2D eigenvalue weighted by Crippen LogP contribution is 2.35. The van der Waals surface area contributed by atoms with Crippen LogP contribution in [0.2, 0.25) is 0 Å². The average molecular weight is 467 g/mol. The van der Waals surface area contributed by atoms with Crippen LogP contribution in [0, 0.1) is 5.92 Å². The van der Waals surface area contributed by atoms with Gasteiger partial charge in [-0.3, -0.25) is 4.90 Å². The van der Waals surface area contributed by atoms with Crippen LogP contribution in [0.15, 0.2) is 43.0 Å². The van der Waals surface area contributed by atoms with Gasteiger partial charge in [-0.1, -0.05) is 40.3 Å².